The number of anilines is 3. The van der Waals surface area contributed by atoms with Crippen LogP contribution in [0.1, 0.15) is 68.1 Å². The summed E-state index contributed by atoms with van der Waals surface area (Å²) in [4.78, 5) is 42.2. The lowest BCUT2D eigenvalue weighted by atomic mass is 9.71. The van der Waals surface area contributed by atoms with E-state index in [0.29, 0.717) is 39.9 Å². The molecule has 4 N–H and O–H groups in total. The number of nitrogens with one attached hydrogen (secondary N) is 1. The zero-order valence-corrected chi connectivity index (χ0v) is 24.6. The molecule has 4 heterocycles. The van der Waals surface area contributed by atoms with Crippen LogP contribution in [0, 0.1) is 11.3 Å². The number of aryl methyl sites for hydroxylation is 1. The van der Waals surface area contributed by atoms with Crippen LogP contribution >= 0.6 is 23.4 Å². The Labute approximate surface area is 247 Å². The largest absolute Gasteiger partial charge is 0.493 e. The van der Waals surface area contributed by atoms with Crippen molar-refractivity contribution in [2.45, 2.75) is 74.8 Å². The zero-order valence-electron chi connectivity index (χ0n) is 23.0. The Morgan fingerprint density at radius 3 is 2.71 bits per heavy atom. The number of carbonyl (C=O) groups excluding carboxylic acids is 1. The van der Waals surface area contributed by atoms with Crippen molar-refractivity contribution < 1.29 is 9.90 Å². The Bertz CT molecular complexity index is 1550. The predicted molar refractivity (Wildman–Crippen MR) is 160 cm³/mol. The van der Waals surface area contributed by atoms with E-state index in [9.17, 15) is 14.7 Å². The number of rotatable bonds is 5. The Hall–Kier alpha value is -3.31. The summed E-state index contributed by atoms with van der Waals surface area (Å²) in [5.41, 5.74) is 6.15. The van der Waals surface area contributed by atoms with E-state index in [-0.39, 0.29) is 10.7 Å². The number of amides is 1. The van der Waals surface area contributed by atoms with Crippen molar-refractivity contribution in [3.8, 4) is 5.88 Å². The van der Waals surface area contributed by atoms with Crippen LogP contribution in [0.4, 0.5) is 17.3 Å². The molecule has 1 atom stereocenters. The maximum atomic E-state index is 13.1. The molecule has 1 aromatic carbocycles. The number of carbonyl (C=O) groups is 1. The average molecular weight is 596 g/mol. The fraction of sp³-hybridized carbons (Fsp3) is 0.483. The molecule has 2 aromatic heterocycles. The molecule has 1 saturated heterocycles. The summed E-state index contributed by atoms with van der Waals surface area (Å²) >= 11 is 7.91. The van der Waals surface area contributed by atoms with Gasteiger partial charge in [0.05, 0.1) is 16.9 Å². The van der Waals surface area contributed by atoms with E-state index in [1.807, 2.05) is 0 Å². The minimum Gasteiger partial charge on any atom is -0.493 e. The lowest BCUT2D eigenvalue weighted by Gasteiger charge is -2.42. The minimum absolute atomic E-state index is 0.258. The highest BCUT2D eigenvalue weighted by atomic mass is 35.5. The molecule has 41 heavy (non-hydrogen) atoms. The number of nitrogens with two attached hydrogens (primary N) is 1. The smallest absolute Gasteiger partial charge is 0.270 e. The third-order valence-corrected chi connectivity index (χ3v) is 10.7. The number of aromatic nitrogens is 4. The summed E-state index contributed by atoms with van der Waals surface area (Å²) < 4.78 is 1.45. The summed E-state index contributed by atoms with van der Waals surface area (Å²) in [7, 11) is 0. The van der Waals surface area contributed by atoms with Crippen LogP contribution in [0.5, 0.6) is 5.88 Å². The molecule has 0 radical (unpaired) electrons. The molecule has 6 rings (SSSR count). The van der Waals surface area contributed by atoms with Crippen LogP contribution in [-0.2, 0) is 13.0 Å². The van der Waals surface area contributed by atoms with Gasteiger partial charge in [0, 0.05) is 31.0 Å². The molecule has 10 nitrogen and oxygen atoms in total. The number of benzene rings is 1. The first-order valence-electron chi connectivity index (χ1n) is 14.2. The van der Waals surface area contributed by atoms with E-state index in [4.69, 9.17) is 17.3 Å². The summed E-state index contributed by atoms with van der Waals surface area (Å²) in [6, 6.07) is 5.14. The van der Waals surface area contributed by atoms with Crippen molar-refractivity contribution in [1.29, 1.82) is 0 Å². The van der Waals surface area contributed by atoms with Crippen LogP contribution in [0.2, 0.25) is 5.02 Å². The van der Waals surface area contributed by atoms with Gasteiger partial charge in [-0.25, -0.2) is 9.97 Å². The third kappa shape index (κ3) is 5.25. The van der Waals surface area contributed by atoms with Gasteiger partial charge in [-0.3, -0.25) is 14.2 Å². The second-order valence-electron chi connectivity index (χ2n) is 11.4. The highest BCUT2D eigenvalue weighted by molar-refractivity contribution is 7.99. The molecule has 2 fully saturated rings. The van der Waals surface area contributed by atoms with Crippen molar-refractivity contribution in [3.05, 3.63) is 51.2 Å². The fourth-order valence-corrected chi connectivity index (χ4v) is 7.68. The van der Waals surface area contributed by atoms with Gasteiger partial charge in [0.1, 0.15) is 16.7 Å². The molecule has 216 valence electrons. The Balaban J connectivity index is 1.16. The fourth-order valence-electron chi connectivity index (χ4n) is 6.59. The van der Waals surface area contributed by atoms with Gasteiger partial charge >= 0.3 is 0 Å². The number of nitrogen functional groups attached to an aromatic ring is 1. The first kappa shape index (κ1) is 27.8. The van der Waals surface area contributed by atoms with E-state index >= 15 is 0 Å². The van der Waals surface area contributed by atoms with Gasteiger partial charge in [-0.2, -0.15) is 4.98 Å². The topological polar surface area (TPSA) is 139 Å². The van der Waals surface area contributed by atoms with Crippen LogP contribution in [0.25, 0.3) is 0 Å². The molecule has 1 amide bonds. The van der Waals surface area contributed by atoms with E-state index in [1.54, 1.807) is 24.4 Å². The minimum atomic E-state index is -0.774. The summed E-state index contributed by atoms with van der Waals surface area (Å²) in [5, 5.41) is 13.8. The normalized spacial score (nSPS) is 19.8. The molecule has 0 unspecified atom stereocenters. The number of halogens is 1. The summed E-state index contributed by atoms with van der Waals surface area (Å²) in [6.07, 6.45) is 10.4. The van der Waals surface area contributed by atoms with Gasteiger partial charge in [-0.1, -0.05) is 49.2 Å². The number of nitrogens with zero attached hydrogens (tertiary/aromatic N) is 5. The van der Waals surface area contributed by atoms with E-state index in [2.05, 4.69) is 32.1 Å². The zero-order chi connectivity index (χ0) is 28.7. The third-order valence-electron chi connectivity index (χ3n) is 9.10. The first-order chi connectivity index (χ1) is 19.8. The van der Waals surface area contributed by atoms with Crippen molar-refractivity contribution in [2.75, 3.05) is 29.0 Å². The first-order valence-corrected chi connectivity index (χ1v) is 15.4. The Morgan fingerprint density at radius 2 is 1.98 bits per heavy atom. The maximum Gasteiger partial charge on any atom is 0.270 e. The number of aromatic hydroxyl groups is 1. The van der Waals surface area contributed by atoms with Gasteiger partial charge in [-0.15, -0.1) is 0 Å². The summed E-state index contributed by atoms with van der Waals surface area (Å²) in [6.45, 7) is 4.77. The molecular formula is C29H34ClN7O3S. The molecular weight excluding hydrogens is 562 g/mol. The quantitative estimate of drug-likeness (QED) is 0.366. The number of piperidine rings is 1. The van der Waals surface area contributed by atoms with Gasteiger partial charge in [0.2, 0.25) is 5.88 Å². The van der Waals surface area contributed by atoms with E-state index in [1.165, 1.54) is 48.4 Å². The monoisotopic (exact) mass is 595 g/mol. The number of hydrogen-bond acceptors (Lipinski definition) is 9. The van der Waals surface area contributed by atoms with Gasteiger partial charge in [-0.05, 0) is 55.6 Å². The van der Waals surface area contributed by atoms with Crippen molar-refractivity contribution in [2.24, 2.45) is 11.3 Å². The van der Waals surface area contributed by atoms with Gasteiger partial charge in [0.25, 0.3) is 11.5 Å². The second kappa shape index (κ2) is 11.2. The van der Waals surface area contributed by atoms with Crippen LogP contribution in [0.3, 0.4) is 0 Å². The molecule has 1 aliphatic carbocycles. The molecule has 0 bridgehead atoms. The van der Waals surface area contributed by atoms with Gasteiger partial charge < -0.3 is 21.1 Å². The molecule has 12 heteroatoms. The highest BCUT2D eigenvalue weighted by Crippen LogP contribution is 2.50. The molecule has 1 saturated carbocycles. The second-order valence-corrected chi connectivity index (χ2v) is 12.8. The van der Waals surface area contributed by atoms with Crippen molar-refractivity contribution >= 4 is 46.6 Å². The van der Waals surface area contributed by atoms with E-state index < -0.39 is 22.9 Å². The standard InChI is InChI=1S/C29H34ClN7O3S/c1-17-6-5-10-29(17)11-14-36(15-12-29)21-16-32-27(24(31)34-21)41-19-8-4-7-18(23(19)30)33-25(38)22-26(39)35-20-9-2-3-13-37(20)28(22)40/h4,7-8,16-17,39H,2-3,5-6,9-15H2,1H3,(H2,31,34)(H,33,38)/t17-/m1/s1. The van der Waals surface area contributed by atoms with Crippen molar-refractivity contribution in [1.82, 2.24) is 19.5 Å². The summed E-state index contributed by atoms with van der Waals surface area (Å²) in [5.74, 6) is 1.02. The Kier molecular flexibility index (Phi) is 7.58. The molecule has 3 aromatic rings. The SMILES string of the molecule is C[C@@H]1CCCC12CCN(c1cnc(Sc3cccc(NC(=O)c4c(O)nc5n(c4=O)CCCC5)c3Cl)c(N)n1)CC2. The van der Waals surface area contributed by atoms with E-state index in [0.717, 1.165) is 37.7 Å². The average Bonchev–Trinajstić information content (AvgIpc) is 3.31. The maximum absolute atomic E-state index is 13.1. The van der Waals surface area contributed by atoms with Crippen LogP contribution in [-0.4, -0.2) is 43.6 Å². The lowest BCUT2D eigenvalue weighted by Crippen LogP contribution is -2.41. The number of fused-ring (bicyclic) bond motifs is 1. The Morgan fingerprint density at radius 1 is 1.17 bits per heavy atom. The van der Waals surface area contributed by atoms with Crippen LogP contribution in [0.15, 0.2) is 39.1 Å². The number of hydrogen-bond donors (Lipinski definition) is 3. The highest BCUT2D eigenvalue weighted by Gasteiger charge is 2.42. The predicted octanol–water partition coefficient (Wildman–Crippen LogP) is 5.12. The van der Waals surface area contributed by atoms with Gasteiger partial charge in [0.15, 0.2) is 11.4 Å². The molecule has 1 spiro atoms. The molecule has 3 aliphatic rings. The molecule has 2 aliphatic heterocycles. The van der Waals surface area contributed by atoms with Crippen molar-refractivity contribution in [3.63, 3.8) is 0 Å². The lowest BCUT2D eigenvalue weighted by molar-refractivity contribution is 0.102. The van der Waals surface area contributed by atoms with Crippen LogP contribution < -0.4 is 21.5 Å².